The van der Waals surface area contributed by atoms with Crippen LogP contribution in [0.4, 0.5) is 0 Å². The zero-order chi connectivity index (χ0) is 16.5. The van der Waals surface area contributed by atoms with E-state index in [2.05, 4.69) is 22.3 Å². The number of rotatable bonds is 4. The highest BCUT2D eigenvalue weighted by molar-refractivity contribution is 7.17. The van der Waals surface area contributed by atoms with Crippen molar-refractivity contribution in [2.24, 2.45) is 11.7 Å². The molecule has 1 aromatic carbocycles. The molecule has 5 rings (SSSR count). The number of nitrogens with zero attached hydrogens (tertiary/aromatic N) is 1. The van der Waals surface area contributed by atoms with Gasteiger partial charge in [0, 0.05) is 24.0 Å². The number of carbonyl (C=O) groups is 1. The van der Waals surface area contributed by atoms with Crippen LogP contribution in [0.1, 0.15) is 28.1 Å². The quantitative estimate of drug-likeness (QED) is 0.899. The average molecular weight is 341 g/mol. The summed E-state index contributed by atoms with van der Waals surface area (Å²) >= 11 is 1.56. The molecule has 1 amide bonds. The van der Waals surface area contributed by atoms with E-state index in [4.69, 9.17) is 5.73 Å². The lowest BCUT2D eigenvalue weighted by atomic mass is 9.84. The number of fused-ring (bicyclic) bond motifs is 3. The summed E-state index contributed by atoms with van der Waals surface area (Å²) in [7, 11) is 0. The van der Waals surface area contributed by atoms with Gasteiger partial charge in [-0.2, -0.15) is 0 Å². The van der Waals surface area contributed by atoms with Crippen molar-refractivity contribution in [3.63, 3.8) is 0 Å². The van der Waals surface area contributed by atoms with Gasteiger partial charge >= 0.3 is 0 Å². The predicted octanol–water partition coefficient (Wildman–Crippen LogP) is 2.70. The maximum Gasteiger partial charge on any atom is 0.261 e. The van der Waals surface area contributed by atoms with Crippen LogP contribution in [0, 0.1) is 5.92 Å². The normalized spacial score (nSPS) is 25.6. The molecule has 3 aliphatic rings. The number of hydrogen-bond donors (Lipinski definition) is 2. The molecule has 1 atom stereocenters. The summed E-state index contributed by atoms with van der Waals surface area (Å²) in [4.78, 5) is 17.0. The molecular formula is C19H23N3OS. The second kappa shape index (κ2) is 6.67. The minimum atomic E-state index is 0.0694. The number of carbonyl (C=O) groups excluding carboxylic acids is 1. The van der Waals surface area contributed by atoms with Gasteiger partial charge in [0.1, 0.15) is 0 Å². The molecule has 3 saturated heterocycles. The molecule has 0 saturated carbocycles. The molecule has 5 heteroatoms. The Morgan fingerprint density at radius 1 is 1.25 bits per heavy atom. The van der Waals surface area contributed by atoms with Crippen LogP contribution in [0.25, 0.3) is 10.4 Å². The second-order valence-corrected chi connectivity index (χ2v) is 7.87. The average Bonchev–Trinajstić information content (AvgIpc) is 3.13. The first-order chi connectivity index (χ1) is 11.7. The molecule has 2 aromatic rings. The largest absolute Gasteiger partial charge is 0.347 e. The lowest BCUT2D eigenvalue weighted by Crippen LogP contribution is -2.57. The highest BCUT2D eigenvalue weighted by Gasteiger charge is 2.35. The maximum absolute atomic E-state index is 12.6. The number of nitrogens with one attached hydrogen (secondary N) is 1. The van der Waals surface area contributed by atoms with E-state index in [9.17, 15) is 4.79 Å². The molecule has 3 N–H and O–H groups in total. The number of benzene rings is 1. The minimum absolute atomic E-state index is 0.0694. The fraction of sp³-hybridized carbons (Fsp3) is 0.421. The van der Waals surface area contributed by atoms with Crippen LogP contribution < -0.4 is 11.1 Å². The lowest BCUT2D eigenvalue weighted by Gasteiger charge is -2.44. The Kier molecular flexibility index (Phi) is 4.39. The van der Waals surface area contributed by atoms with Crippen LogP contribution in [-0.4, -0.2) is 36.5 Å². The molecule has 126 valence electrons. The Morgan fingerprint density at radius 2 is 2.08 bits per heavy atom. The molecule has 4 nitrogen and oxygen atoms in total. The van der Waals surface area contributed by atoms with Gasteiger partial charge in [-0.1, -0.05) is 18.2 Å². The zero-order valence-electron chi connectivity index (χ0n) is 13.7. The van der Waals surface area contributed by atoms with Gasteiger partial charge in [0.15, 0.2) is 0 Å². The van der Waals surface area contributed by atoms with E-state index in [-0.39, 0.29) is 5.91 Å². The summed E-state index contributed by atoms with van der Waals surface area (Å²) in [6.45, 7) is 3.93. The van der Waals surface area contributed by atoms with Crippen LogP contribution in [0.3, 0.4) is 0 Å². The lowest BCUT2D eigenvalue weighted by molar-refractivity contribution is 0.0622. The number of piperidine rings is 3. The molecule has 0 spiro atoms. The molecule has 2 bridgehead atoms. The van der Waals surface area contributed by atoms with Crippen molar-refractivity contribution in [1.29, 1.82) is 0 Å². The zero-order valence-corrected chi connectivity index (χ0v) is 14.5. The Morgan fingerprint density at radius 3 is 2.79 bits per heavy atom. The Bertz CT molecular complexity index is 734. The van der Waals surface area contributed by atoms with Gasteiger partial charge < -0.3 is 16.0 Å². The first-order valence-electron chi connectivity index (χ1n) is 8.65. The molecular weight excluding hydrogens is 318 g/mol. The third-order valence-corrected chi connectivity index (χ3v) is 6.38. The first-order valence-corrected chi connectivity index (χ1v) is 9.47. The number of hydrogen-bond acceptors (Lipinski definition) is 4. The summed E-state index contributed by atoms with van der Waals surface area (Å²) in [5, 5.41) is 3.26. The minimum Gasteiger partial charge on any atom is -0.347 e. The molecule has 3 fully saturated rings. The van der Waals surface area contributed by atoms with E-state index in [0.29, 0.717) is 18.5 Å². The Hall–Kier alpha value is -1.69. The molecule has 1 aromatic heterocycles. The number of thiophene rings is 1. The van der Waals surface area contributed by atoms with E-state index < -0.39 is 0 Å². The molecule has 24 heavy (non-hydrogen) atoms. The topological polar surface area (TPSA) is 58.4 Å². The number of amides is 1. The maximum atomic E-state index is 12.6. The molecule has 0 unspecified atom stereocenters. The van der Waals surface area contributed by atoms with Crippen molar-refractivity contribution in [2.45, 2.75) is 25.4 Å². The van der Waals surface area contributed by atoms with Crippen LogP contribution in [0.2, 0.25) is 0 Å². The van der Waals surface area contributed by atoms with Crippen molar-refractivity contribution in [2.75, 3.05) is 19.6 Å². The van der Waals surface area contributed by atoms with Gasteiger partial charge in [-0.05, 0) is 61.2 Å². The SMILES string of the molecule is NCc1cccc(-c2ccc(C(=O)N[C@H]3CN4CCC3CC4)s2)c1. The fourth-order valence-corrected chi connectivity index (χ4v) is 4.74. The van der Waals surface area contributed by atoms with Crippen molar-refractivity contribution < 1.29 is 4.79 Å². The highest BCUT2D eigenvalue weighted by atomic mass is 32.1. The monoisotopic (exact) mass is 341 g/mol. The first kappa shape index (κ1) is 15.8. The predicted molar refractivity (Wildman–Crippen MR) is 98.1 cm³/mol. The van der Waals surface area contributed by atoms with Gasteiger partial charge in [0.05, 0.1) is 4.88 Å². The molecule has 0 radical (unpaired) electrons. The van der Waals surface area contributed by atoms with Crippen LogP contribution in [0.15, 0.2) is 36.4 Å². The van der Waals surface area contributed by atoms with E-state index in [1.54, 1.807) is 11.3 Å². The van der Waals surface area contributed by atoms with Crippen molar-refractivity contribution in [3.8, 4) is 10.4 Å². The summed E-state index contributed by atoms with van der Waals surface area (Å²) in [6.07, 6.45) is 2.43. The van der Waals surface area contributed by atoms with E-state index >= 15 is 0 Å². The summed E-state index contributed by atoms with van der Waals surface area (Å²) < 4.78 is 0. The number of nitrogens with two attached hydrogens (primary N) is 1. The van der Waals surface area contributed by atoms with Crippen molar-refractivity contribution >= 4 is 17.2 Å². The third kappa shape index (κ3) is 3.11. The third-order valence-electron chi connectivity index (χ3n) is 5.25. The van der Waals surface area contributed by atoms with Gasteiger partial charge in [-0.15, -0.1) is 11.3 Å². The van der Waals surface area contributed by atoms with Gasteiger partial charge in [0.25, 0.3) is 5.91 Å². The highest BCUT2D eigenvalue weighted by Crippen LogP contribution is 2.30. The van der Waals surface area contributed by atoms with E-state index in [1.165, 1.54) is 25.9 Å². The Labute approximate surface area is 146 Å². The van der Waals surface area contributed by atoms with E-state index in [1.807, 2.05) is 24.3 Å². The van der Waals surface area contributed by atoms with Gasteiger partial charge in [-0.25, -0.2) is 0 Å². The van der Waals surface area contributed by atoms with Gasteiger partial charge in [0.2, 0.25) is 0 Å². The molecule has 0 aliphatic carbocycles. The Balaban J connectivity index is 1.47. The van der Waals surface area contributed by atoms with Crippen LogP contribution in [-0.2, 0) is 6.54 Å². The van der Waals surface area contributed by atoms with Crippen LogP contribution >= 0.6 is 11.3 Å². The van der Waals surface area contributed by atoms with E-state index in [0.717, 1.165) is 27.4 Å². The molecule has 4 heterocycles. The van der Waals surface area contributed by atoms with Crippen molar-refractivity contribution in [3.05, 3.63) is 46.8 Å². The summed E-state index contributed by atoms with van der Waals surface area (Å²) in [5.74, 6) is 0.722. The van der Waals surface area contributed by atoms with Gasteiger partial charge in [-0.3, -0.25) is 4.79 Å². The summed E-state index contributed by atoms with van der Waals surface area (Å²) in [5.41, 5.74) is 7.96. The van der Waals surface area contributed by atoms with Crippen LogP contribution in [0.5, 0.6) is 0 Å². The fourth-order valence-electron chi connectivity index (χ4n) is 3.83. The smallest absolute Gasteiger partial charge is 0.261 e. The summed E-state index contributed by atoms with van der Waals surface area (Å²) in [6, 6.07) is 12.5. The van der Waals surface area contributed by atoms with Crippen molar-refractivity contribution in [1.82, 2.24) is 10.2 Å². The molecule has 3 aliphatic heterocycles. The standard InChI is InChI=1S/C19H23N3OS/c20-11-13-2-1-3-15(10-13)17-4-5-18(24-17)19(23)21-16-12-22-8-6-14(16)7-9-22/h1-5,10,14,16H,6-9,11-12,20H2,(H,21,23)/t16-/m0/s1. The second-order valence-electron chi connectivity index (χ2n) is 6.79.